The Hall–Kier alpha value is -1.82. The van der Waals surface area contributed by atoms with E-state index in [4.69, 9.17) is 11.6 Å². The summed E-state index contributed by atoms with van der Waals surface area (Å²) in [6, 6.07) is 12.3. The van der Waals surface area contributed by atoms with Crippen molar-refractivity contribution < 1.29 is 4.79 Å². The molecule has 128 valence electrons. The second kappa shape index (κ2) is 8.33. The quantitative estimate of drug-likeness (QED) is 0.903. The summed E-state index contributed by atoms with van der Waals surface area (Å²) in [6.45, 7) is 2.02. The van der Waals surface area contributed by atoms with Crippen molar-refractivity contribution in [1.29, 1.82) is 0 Å². The minimum atomic E-state index is -0.176. The number of nitrogens with zero attached hydrogens (tertiary/aromatic N) is 2. The first-order chi connectivity index (χ1) is 11.2. The lowest BCUT2D eigenvalue weighted by Gasteiger charge is -2.37. The predicted octanol–water partition coefficient (Wildman–Crippen LogP) is 2.10. The van der Waals surface area contributed by atoms with Crippen LogP contribution in [0.4, 0.5) is 0 Å². The number of pyridine rings is 1. The minimum absolute atomic E-state index is 0. The van der Waals surface area contributed by atoms with Gasteiger partial charge in [-0.2, -0.15) is 0 Å². The molecule has 2 heterocycles. The van der Waals surface area contributed by atoms with Crippen molar-refractivity contribution in [3.8, 4) is 0 Å². The van der Waals surface area contributed by atoms with Gasteiger partial charge < -0.3 is 14.8 Å². The molecular formula is C17H19Cl2N3O2. The fourth-order valence-electron chi connectivity index (χ4n) is 2.85. The lowest BCUT2D eigenvalue weighted by Crippen LogP contribution is -2.50. The molecule has 1 aromatic heterocycles. The zero-order chi connectivity index (χ0) is 16.2. The number of hydrogen-bond acceptors (Lipinski definition) is 3. The third kappa shape index (κ3) is 3.98. The van der Waals surface area contributed by atoms with E-state index in [9.17, 15) is 9.59 Å². The Bertz CT molecular complexity index is 763. The molecule has 1 atom stereocenters. The van der Waals surface area contributed by atoms with E-state index >= 15 is 0 Å². The Morgan fingerprint density at radius 2 is 1.96 bits per heavy atom. The Labute approximate surface area is 151 Å². The highest BCUT2D eigenvalue weighted by Crippen LogP contribution is 2.28. The third-order valence-electron chi connectivity index (χ3n) is 4.03. The van der Waals surface area contributed by atoms with Crippen molar-refractivity contribution in [2.24, 2.45) is 0 Å². The molecule has 0 aliphatic carbocycles. The summed E-state index contributed by atoms with van der Waals surface area (Å²) in [7, 11) is 0. The lowest BCUT2D eigenvalue weighted by molar-refractivity contribution is -0.135. The molecule has 3 rings (SSSR count). The van der Waals surface area contributed by atoms with Crippen LogP contribution in [0, 0.1) is 0 Å². The number of rotatable bonds is 3. The second-order valence-electron chi connectivity index (χ2n) is 5.50. The standard InChI is InChI=1S/C17H18ClN3O2.ClH/c18-14-6-2-1-5-13(14)15-11-19-8-10-21(15)17(23)12-20-9-4-3-7-16(20)22;/h1-7,9,15,19H,8,10-12H2;1H. The van der Waals surface area contributed by atoms with Crippen molar-refractivity contribution >= 4 is 29.9 Å². The maximum absolute atomic E-state index is 12.7. The Morgan fingerprint density at radius 1 is 1.21 bits per heavy atom. The number of hydrogen-bond donors (Lipinski definition) is 1. The van der Waals surface area contributed by atoms with E-state index in [0.717, 1.165) is 12.1 Å². The third-order valence-corrected chi connectivity index (χ3v) is 4.38. The van der Waals surface area contributed by atoms with Crippen molar-refractivity contribution in [3.63, 3.8) is 0 Å². The van der Waals surface area contributed by atoms with Crippen molar-refractivity contribution in [2.75, 3.05) is 19.6 Å². The Kier molecular flexibility index (Phi) is 6.43. The van der Waals surface area contributed by atoms with Crippen LogP contribution in [0.25, 0.3) is 0 Å². The zero-order valence-electron chi connectivity index (χ0n) is 13.0. The molecule has 1 aliphatic rings. The number of piperazine rings is 1. The average molecular weight is 368 g/mol. The number of carbonyl (C=O) groups excluding carboxylic acids is 1. The van der Waals surface area contributed by atoms with Gasteiger partial charge in [-0.3, -0.25) is 9.59 Å². The first-order valence-electron chi connectivity index (χ1n) is 7.57. The molecule has 0 bridgehead atoms. The molecule has 0 radical (unpaired) electrons. The summed E-state index contributed by atoms with van der Waals surface area (Å²) < 4.78 is 1.42. The number of halogens is 2. The molecule has 1 amide bonds. The molecule has 1 unspecified atom stereocenters. The van der Waals surface area contributed by atoms with Gasteiger partial charge in [-0.1, -0.05) is 35.9 Å². The summed E-state index contributed by atoms with van der Waals surface area (Å²) in [5.74, 6) is -0.0790. The topological polar surface area (TPSA) is 54.3 Å². The molecule has 24 heavy (non-hydrogen) atoms. The van der Waals surface area contributed by atoms with Crippen LogP contribution >= 0.6 is 24.0 Å². The van der Waals surface area contributed by atoms with Gasteiger partial charge in [-0.15, -0.1) is 12.4 Å². The smallest absolute Gasteiger partial charge is 0.250 e. The van der Waals surface area contributed by atoms with Crippen LogP contribution < -0.4 is 10.9 Å². The van der Waals surface area contributed by atoms with E-state index in [1.807, 2.05) is 24.3 Å². The minimum Gasteiger partial charge on any atom is -0.331 e. The van der Waals surface area contributed by atoms with Gasteiger partial charge in [0.1, 0.15) is 6.54 Å². The zero-order valence-corrected chi connectivity index (χ0v) is 14.6. The van der Waals surface area contributed by atoms with E-state index in [-0.39, 0.29) is 36.5 Å². The van der Waals surface area contributed by atoms with Crippen LogP contribution in [0.5, 0.6) is 0 Å². The summed E-state index contributed by atoms with van der Waals surface area (Å²) >= 11 is 6.29. The second-order valence-corrected chi connectivity index (χ2v) is 5.90. The van der Waals surface area contributed by atoms with Gasteiger partial charge in [-0.25, -0.2) is 0 Å². The predicted molar refractivity (Wildman–Crippen MR) is 96.7 cm³/mol. The van der Waals surface area contributed by atoms with E-state index in [2.05, 4.69) is 5.32 Å². The molecular weight excluding hydrogens is 349 g/mol. The van der Waals surface area contributed by atoms with Gasteiger partial charge in [0.2, 0.25) is 5.91 Å². The fourth-order valence-corrected chi connectivity index (χ4v) is 3.12. The first-order valence-corrected chi connectivity index (χ1v) is 7.94. The number of carbonyl (C=O) groups is 1. The van der Waals surface area contributed by atoms with Crippen LogP contribution in [0.2, 0.25) is 5.02 Å². The first kappa shape index (κ1) is 18.5. The fraction of sp³-hybridized carbons (Fsp3) is 0.294. The van der Waals surface area contributed by atoms with Gasteiger partial charge >= 0.3 is 0 Å². The molecule has 2 aromatic rings. The molecule has 5 nitrogen and oxygen atoms in total. The number of benzene rings is 1. The highest BCUT2D eigenvalue weighted by atomic mass is 35.5. The van der Waals surface area contributed by atoms with Crippen molar-refractivity contribution in [2.45, 2.75) is 12.6 Å². The maximum Gasteiger partial charge on any atom is 0.250 e. The number of amides is 1. The van der Waals surface area contributed by atoms with E-state index < -0.39 is 0 Å². The van der Waals surface area contributed by atoms with Gasteiger partial charge in [-0.05, 0) is 17.7 Å². The summed E-state index contributed by atoms with van der Waals surface area (Å²) in [5.41, 5.74) is 0.750. The summed E-state index contributed by atoms with van der Waals surface area (Å²) in [5, 5.41) is 3.95. The molecule has 0 saturated carbocycles. The number of aromatic nitrogens is 1. The average Bonchev–Trinajstić information content (AvgIpc) is 2.57. The highest BCUT2D eigenvalue weighted by Gasteiger charge is 2.29. The van der Waals surface area contributed by atoms with Gasteiger partial charge in [0.15, 0.2) is 0 Å². The van der Waals surface area contributed by atoms with Gasteiger partial charge in [0.25, 0.3) is 5.56 Å². The summed E-state index contributed by atoms with van der Waals surface area (Å²) in [4.78, 5) is 26.3. The van der Waals surface area contributed by atoms with Crippen molar-refractivity contribution in [3.05, 3.63) is 69.6 Å². The molecule has 7 heteroatoms. The van der Waals surface area contributed by atoms with Crippen LogP contribution in [0.1, 0.15) is 11.6 Å². The molecule has 0 spiro atoms. The molecule has 1 aliphatic heterocycles. The SMILES string of the molecule is Cl.O=C(Cn1ccccc1=O)N1CCNCC1c1ccccc1Cl. The van der Waals surface area contributed by atoms with E-state index in [1.165, 1.54) is 10.6 Å². The Balaban J connectivity index is 0.00000208. The van der Waals surface area contributed by atoms with Gasteiger partial charge in [0, 0.05) is 36.9 Å². The lowest BCUT2D eigenvalue weighted by atomic mass is 10.0. The van der Waals surface area contributed by atoms with Crippen LogP contribution in [-0.2, 0) is 11.3 Å². The monoisotopic (exact) mass is 367 g/mol. The largest absolute Gasteiger partial charge is 0.331 e. The molecule has 1 saturated heterocycles. The van der Waals surface area contributed by atoms with Crippen LogP contribution in [0.15, 0.2) is 53.5 Å². The van der Waals surface area contributed by atoms with Crippen LogP contribution in [0.3, 0.4) is 0 Å². The molecule has 1 fully saturated rings. The Morgan fingerprint density at radius 3 is 2.71 bits per heavy atom. The van der Waals surface area contributed by atoms with Crippen LogP contribution in [-0.4, -0.2) is 35.0 Å². The summed E-state index contributed by atoms with van der Waals surface area (Å²) in [6.07, 6.45) is 1.63. The maximum atomic E-state index is 12.7. The van der Waals surface area contributed by atoms with E-state index in [0.29, 0.717) is 18.1 Å². The van der Waals surface area contributed by atoms with E-state index in [1.54, 1.807) is 23.2 Å². The number of nitrogens with one attached hydrogen (secondary N) is 1. The highest BCUT2D eigenvalue weighted by molar-refractivity contribution is 6.31. The normalized spacial score (nSPS) is 17.2. The van der Waals surface area contributed by atoms with Gasteiger partial charge in [0.05, 0.1) is 6.04 Å². The molecule has 1 aromatic carbocycles. The van der Waals surface area contributed by atoms with Crippen molar-refractivity contribution in [1.82, 2.24) is 14.8 Å². The molecule has 1 N–H and O–H groups in total.